The Hall–Kier alpha value is -5.44. The third-order valence-corrected chi connectivity index (χ3v) is 7.98. The van der Waals surface area contributed by atoms with E-state index in [1.807, 2.05) is 85.8 Å². The Kier molecular flexibility index (Phi) is 9.98. The third-order valence-electron chi connectivity index (χ3n) is 7.98. The fourth-order valence-electron chi connectivity index (χ4n) is 5.83. The first kappa shape index (κ1) is 33.9. The summed E-state index contributed by atoms with van der Waals surface area (Å²) in [5.74, 6) is -1.20. The number of aryl methyl sites for hydroxylation is 1. The van der Waals surface area contributed by atoms with E-state index in [2.05, 4.69) is 19.2 Å². The second-order valence-electron chi connectivity index (χ2n) is 13.0. The molecule has 1 N–H and O–H groups in total. The van der Waals surface area contributed by atoms with Gasteiger partial charge in [-0.05, 0) is 73.6 Å². The predicted octanol–water partition coefficient (Wildman–Crippen LogP) is 7.28. The van der Waals surface area contributed by atoms with Crippen LogP contribution in [0.4, 0.5) is 4.79 Å². The van der Waals surface area contributed by atoms with Gasteiger partial charge in [-0.2, -0.15) is 4.68 Å². The first-order valence-corrected chi connectivity index (χ1v) is 16.0. The molecular formula is C39H41N3O6. The van der Waals surface area contributed by atoms with E-state index >= 15 is 0 Å². The summed E-state index contributed by atoms with van der Waals surface area (Å²) in [7, 11) is 0. The summed E-state index contributed by atoms with van der Waals surface area (Å²) in [5, 5.41) is 2.96. The molecule has 1 aromatic heterocycles. The van der Waals surface area contributed by atoms with Crippen molar-refractivity contribution in [3.8, 4) is 0 Å². The number of carbonyl (C=O) groups is 3. The summed E-state index contributed by atoms with van der Waals surface area (Å²) < 4.78 is 13.8. The molecule has 1 amide bonds. The van der Waals surface area contributed by atoms with Gasteiger partial charge >= 0.3 is 18.0 Å². The molecule has 0 spiro atoms. The maximum atomic E-state index is 14.1. The van der Waals surface area contributed by atoms with E-state index < -0.39 is 41.8 Å². The van der Waals surface area contributed by atoms with E-state index in [9.17, 15) is 19.2 Å². The Morgan fingerprint density at radius 1 is 0.812 bits per heavy atom. The molecular weight excluding hydrogens is 606 g/mol. The van der Waals surface area contributed by atoms with Gasteiger partial charge in [-0.15, -0.1) is 0 Å². The summed E-state index contributed by atoms with van der Waals surface area (Å²) >= 11 is 0. The lowest BCUT2D eigenvalue weighted by Crippen LogP contribution is -2.40. The maximum absolute atomic E-state index is 14.1. The van der Waals surface area contributed by atoms with E-state index in [0.29, 0.717) is 0 Å². The van der Waals surface area contributed by atoms with Crippen LogP contribution < -0.4 is 10.9 Å². The van der Waals surface area contributed by atoms with Crippen molar-refractivity contribution in [2.24, 2.45) is 0 Å². The van der Waals surface area contributed by atoms with Crippen molar-refractivity contribution in [2.45, 2.75) is 72.3 Å². The van der Waals surface area contributed by atoms with Gasteiger partial charge in [0.2, 0.25) is 0 Å². The topological polar surface area (TPSA) is 109 Å². The normalized spacial score (nSPS) is 11.6. The lowest BCUT2D eigenvalue weighted by Gasteiger charge is -2.21. The van der Waals surface area contributed by atoms with Crippen LogP contribution in [0.3, 0.4) is 0 Å². The van der Waals surface area contributed by atoms with Crippen LogP contribution in [0, 0.1) is 6.92 Å². The minimum Gasteiger partial charge on any atom is -0.459 e. The second-order valence-corrected chi connectivity index (χ2v) is 13.0. The summed E-state index contributed by atoms with van der Waals surface area (Å²) in [6, 6.07) is 28.5. The van der Waals surface area contributed by atoms with Crippen molar-refractivity contribution in [1.82, 2.24) is 14.7 Å². The zero-order valence-electron chi connectivity index (χ0n) is 28.2. The number of aromatic nitrogens is 2. The Morgan fingerprint density at radius 3 is 2.00 bits per heavy atom. The monoisotopic (exact) mass is 647 g/mol. The van der Waals surface area contributed by atoms with Gasteiger partial charge in [-0.25, -0.2) is 9.59 Å². The highest BCUT2D eigenvalue weighted by Gasteiger charge is 2.29. The van der Waals surface area contributed by atoms with Crippen molar-refractivity contribution >= 4 is 28.9 Å². The molecule has 0 bridgehead atoms. The molecule has 9 heteroatoms. The van der Waals surface area contributed by atoms with Gasteiger partial charge in [-0.1, -0.05) is 98.8 Å². The third kappa shape index (κ3) is 7.41. The van der Waals surface area contributed by atoms with Crippen LogP contribution in [0.2, 0.25) is 0 Å². The highest BCUT2D eigenvalue weighted by Crippen LogP contribution is 2.29. The van der Waals surface area contributed by atoms with Crippen LogP contribution >= 0.6 is 0 Å². The lowest BCUT2D eigenvalue weighted by molar-refractivity contribution is -0.155. The van der Waals surface area contributed by atoms with Crippen LogP contribution in [-0.2, 0) is 27.4 Å². The molecule has 0 atom stereocenters. The van der Waals surface area contributed by atoms with Crippen LogP contribution in [0.5, 0.6) is 0 Å². The Labute approximate surface area is 280 Å². The number of fused-ring (bicyclic) bond motifs is 1. The maximum Gasteiger partial charge on any atom is 0.344 e. The lowest BCUT2D eigenvalue weighted by atomic mass is 9.94. The molecule has 0 aliphatic heterocycles. The smallest absolute Gasteiger partial charge is 0.344 e. The fraction of sp³-hybridized carbons (Fsp3) is 0.282. The highest BCUT2D eigenvalue weighted by molar-refractivity contribution is 6.04. The SMILES string of the molecule is Cc1cccc(C(C)C)c1CNC(=O)n1c(=O)c2cccc(C(=O)OC(c3ccccc3)c3ccccc3)c2n1CC(=O)OC(C)(C)C. The van der Waals surface area contributed by atoms with Gasteiger partial charge in [0.05, 0.1) is 16.5 Å². The molecule has 0 aliphatic rings. The Bertz CT molecular complexity index is 1960. The van der Waals surface area contributed by atoms with Gasteiger partial charge in [0.15, 0.2) is 6.10 Å². The molecule has 5 rings (SSSR count). The fourth-order valence-corrected chi connectivity index (χ4v) is 5.83. The van der Waals surface area contributed by atoms with Gasteiger partial charge in [-0.3, -0.25) is 14.3 Å². The van der Waals surface area contributed by atoms with Crippen LogP contribution in [0.25, 0.3) is 10.9 Å². The number of ether oxygens (including phenoxy) is 2. The number of carbonyl (C=O) groups excluding carboxylic acids is 3. The average molecular weight is 648 g/mol. The number of nitrogens with one attached hydrogen (secondary N) is 1. The predicted molar refractivity (Wildman–Crippen MR) is 185 cm³/mol. The largest absolute Gasteiger partial charge is 0.459 e. The van der Waals surface area contributed by atoms with E-state index in [-0.39, 0.29) is 28.9 Å². The highest BCUT2D eigenvalue weighted by atomic mass is 16.6. The standard InChI is InChI=1S/C39H41N3O6/c1-25(2)29-20-13-15-26(3)32(29)23-40-38(46)42-36(44)30-21-14-22-31(34(30)41(42)24-33(43)48-39(4,5)6)37(45)47-35(27-16-9-7-10-17-27)28-18-11-8-12-19-28/h7-22,25,35H,23-24H2,1-6H3,(H,40,46). The molecule has 48 heavy (non-hydrogen) atoms. The summed E-state index contributed by atoms with van der Waals surface area (Å²) in [6.45, 7) is 10.9. The first-order valence-electron chi connectivity index (χ1n) is 16.0. The number of amides is 1. The molecule has 0 radical (unpaired) electrons. The summed E-state index contributed by atoms with van der Waals surface area (Å²) in [4.78, 5) is 55.1. The molecule has 0 saturated carbocycles. The molecule has 9 nitrogen and oxygen atoms in total. The van der Waals surface area contributed by atoms with Crippen LogP contribution in [0.1, 0.15) is 84.8 Å². The number of esters is 2. The van der Waals surface area contributed by atoms with Crippen molar-refractivity contribution in [2.75, 3.05) is 0 Å². The number of para-hydroxylation sites is 1. The number of rotatable bonds is 9. The molecule has 248 valence electrons. The van der Waals surface area contributed by atoms with Crippen molar-refractivity contribution < 1.29 is 23.9 Å². The molecule has 0 aliphatic carbocycles. The summed E-state index contributed by atoms with van der Waals surface area (Å²) in [5.41, 5.74) is 3.13. The van der Waals surface area contributed by atoms with Gasteiger partial charge in [0.25, 0.3) is 5.56 Å². The minimum absolute atomic E-state index is 0.0255. The first-order chi connectivity index (χ1) is 22.9. The summed E-state index contributed by atoms with van der Waals surface area (Å²) in [6.07, 6.45) is -0.754. The number of benzene rings is 4. The molecule has 0 fully saturated rings. The number of hydrogen-bond acceptors (Lipinski definition) is 6. The molecule has 1 heterocycles. The second kappa shape index (κ2) is 14.1. The number of nitrogens with zero attached hydrogens (tertiary/aromatic N) is 2. The zero-order chi connectivity index (χ0) is 34.6. The zero-order valence-corrected chi connectivity index (χ0v) is 28.2. The Morgan fingerprint density at radius 2 is 1.42 bits per heavy atom. The quantitative estimate of drug-likeness (QED) is 0.169. The van der Waals surface area contributed by atoms with Crippen molar-refractivity contribution in [3.05, 3.63) is 141 Å². The van der Waals surface area contributed by atoms with Gasteiger partial charge in [0, 0.05) is 6.54 Å². The molecule has 4 aromatic carbocycles. The van der Waals surface area contributed by atoms with Crippen molar-refractivity contribution in [1.29, 1.82) is 0 Å². The van der Waals surface area contributed by atoms with E-state index in [0.717, 1.165) is 32.5 Å². The van der Waals surface area contributed by atoms with Gasteiger partial charge in [0.1, 0.15) is 12.1 Å². The van der Waals surface area contributed by atoms with Crippen LogP contribution in [0.15, 0.2) is 102 Å². The van der Waals surface area contributed by atoms with Crippen LogP contribution in [-0.4, -0.2) is 32.9 Å². The molecule has 5 aromatic rings. The average Bonchev–Trinajstić information content (AvgIpc) is 3.33. The van der Waals surface area contributed by atoms with Gasteiger partial charge < -0.3 is 14.8 Å². The van der Waals surface area contributed by atoms with Crippen molar-refractivity contribution in [3.63, 3.8) is 0 Å². The van der Waals surface area contributed by atoms with E-state index in [1.165, 1.54) is 16.8 Å². The Balaban J connectivity index is 1.59. The van der Waals surface area contributed by atoms with E-state index in [4.69, 9.17) is 9.47 Å². The molecule has 0 unspecified atom stereocenters. The van der Waals surface area contributed by atoms with E-state index in [1.54, 1.807) is 26.8 Å². The minimum atomic E-state index is -0.828. The molecule has 0 saturated heterocycles. The number of hydrogen-bond donors (Lipinski definition) is 1.